The molecule has 0 aromatic carbocycles. The number of halogens is 6. The number of nitrogens with zero attached hydrogens (tertiary/aromatic N) is 2. The Morgan fingerprint density at radius 3 is 2.50 bits per heavy atom. The van der Waals surface area contributed by atoms with Crippen molar-refractivity contribution < 1.29 is 26.7 Å². The third-order valence-corrected chi connectivity index (χ3v) is 2.78. The lowest BCUT2D eigenvalue weighted by Gasteiger charge is -2.13. The van der Waals surface area contributed by atoms with E-state index in [0.717, 1.165) is 6.07 Å². The van der Waals surface area contributed by atoms with Crippen molar-refractivity contribution in [3.63, 3.8) is 0 Å². The smallest absolute Gasteiger partial charge is 0.405 e. The van der Waals surface area contributed by atoms with Crippen LogP contribution in [-0.2, 0) is 6.42 Å². The Balaban J connectivity index is 3.27. The molecule has 1 aromatic rings. The zero-order valence-corrected chi connectivity index (χ0v) is 10.6. The normalized spacial score (nSPS) is 11.4. The van der Waals surface area contributed by atoms with Crippen LogP contribution < -0.4 is 4.74 Å². The Hall–Kier alpha value is -1.18. The lowest BCUT2D eigenvalue weighted by molar-refractivity contribution is -0.275. The second-order valence-electron chi connectivity index (χ2n) is 2.99. The van der Waals surface area contributed by atoms with Crippen molar-refractivity contribution >= 4 is 22.6 Å². The number of aromatic nitrogens is 1. The number of rotatable bonds is 3. The molecule has 1 aromatic heterocycles. The maximum absolute atomic E-state index is 12.6. The number of hydrogen-bond donors (Lipinski definition) is 0. The number of hydrogen-bond acceptors (Lipinski definition) is 3. The van der Waals surface area contributed by atoms with Crippen LogP contribution in [0.1, 0.15) is 17.8 Å². The van der Waals surface area contributed by atoms with Gasteiger partial charge in [0, 0.05) is 6.07 Å². The van der Waals surface area contributed by atoms with Gasteiger partial charge >= 0.3 is 6.36 Å². The Kier molecular flexibility index (Phi) is 4.66. The molecule has 0 aliphatic heterocycles. The fourth-order valence-corrected chi connectivity index (χ4v) is 1.71. The lowest BCUT2D eigenvalue weighted by atomic mass is 10.2. The van der Waals surface area contributed by atoms with Crippen molar-refractivity contribution in [1.29, 1.82) is 5.26 Å². The van der Waals surface area contributed by atoms with Crippen molar-refractivity contribution in [2.24, 2.45) is 0 Å². The van der Waals surface area contributed by atoms with Gasteiger partial charge in [0.1, 0.15) is 11.4 Å². The van der Waals surface area contributed by atoms with Crippen molar-refractivity contribution in [2.45, 2.75) is 19.2 Å². The van der Waals surface area contributed by atoms with Crippen LogP contribution >= 0.6 is 22.6 Å². The standard InChI is InChI=1S/C9H4F5IN2O/c10-8(11)7-6(15)5(18-9(12,13)14)3-4(17-7)1-2-16/h3,8H,1H2. The van der Waals surface area contributed by atoms with Gasteiger partial charge in [0.2, 0.25) is 0 Å². The molecule has 0 unspecified atom stereocenters. The first-order valence-corrected chi connectivity index (χ1v) is 5.42. The van der Waals surface area contributed by atoms with E-state index in [1.54, 1.807) is 6.07 Å². The zero-order valence-electron chi connectivity index (χ0n) is 8.43. The first-order valence-electron chi connectivity index (χ1n) is 4.34. The molecule has 0 bridgehead atoms. The fourth-order valence-electron chi connectivity index (χ4n) is 1.09. The van der Waals surface area contributed by atoms with E-state index in [1.165, 1.54) is 22.6 Å². The van der Waals surface area contributed by atoms with Gasteiger partial charge in [0.05, 0.1) is 21.8 Å². The molecule has 1 heterocycles. The number of nitriles is 1. The van der Waals surface area contributed by atoms with Crippen LogP contribution in [0.3, 0.4) is 0 Å². The molecule has 98 valence electrons. The van der Waals surface area contributed by atoms with Crippen LogP contribution in [0.2, 0.25) is 0 Å². The third-order valence-electron chi connectivity index (χ3n) is 1.70. The van der Waals surface area contributed by atoms with Gasteiger partial charge in [0.25, 0.3) is 6.43 Å². The molecular weight excluding hydrogens is 374 g/mol. The summed E-state index contributed by atoms with van der Waals surface area (Å²) in [6, 6.07) is 2.44. The van der Waals surface area contributed by atoms with Crippen molar-refractivity contribution in [3.8, 4) is 11.8 Å². The predicted octanol–water partition coefficient (Wildman–Crippen LogP) is 3.59. The van der Waals surface area contributed by atoms with E-state index in [2.05, 4.69) is 9.72 Å². The van der Waals surface area contributed by atoms with Crippen LogP contribution in [0.25, 0.3) is 0 Å². The largest absolute Gasteiger partial charge is 0.573 e. The molecule has 0 aliphatic carbocycles. The summed E-state index contributed by atoms with van der Waals surface area (Å²) >= 11 is 1.29. The first kappa shape index (κ1) is 14.9. The highest BCUT2D eigenvalue weighted by molar-refractivity contribution is 14.1. The van der Waals surface area contributed by atoms with Crippen molar-refractivity contribution in [2.75, 3.05) is 0 Å². The highest BCUT2D eigenvalue weighted by Crippen LogP contribution is 2.33. The summed E-state index contributed by atoms with van der Waals surface area (Å²) in [4.78, 5) is 3.42. The van der Waals surface area contributed by atoms with Crippen LogP contribution in [0, 0.1) is 14.9 Å². The molecule has 0 atom stereocenters. The first-order chi connectivity index (χ1) is 8.24. The van der Waals surface area contributed by atoms with E-state index < -0.39 is 27.8 Å². The predicted molar refractivity (Wildman–Crippen MR) is 57.9 cm³/mol. The Morgan fingerprint density at radius 2 is 2.06 bits per heavy atom. The number of ether oxygens (including phenoxy) is 1. The van der Waals surface area contributed by atoms with E-state index in [4.69, 9.17) is 5.26 Å². The van der Waals surface area contributed by atoms with Gasteiger partial charge in [-0.05, 0) is 22.6 Å². The Bertz CT molecular complexity index is 483. The maximum Gasteiger partial charge on any atom is 0.573 e. The molecule has 0 saturated carbocycles. The molecule has 0 radical (unpaired) electrons. The summed E-state index contributed by atoms with van der Waals surface area (Å²) < 4.78 is 64.6. The SMILES string of the molecule is N#CCc1cc(OC(F)(F)F)c(I)c(C(F)F)n1. The van der Waals surface area contributed by atoms with Crippen molar-refractivity contribution in [3.05, 3.63) is 21.0 Å². The van der Waals surface area contributed by atoms with E-state index in [-0.39, 0.29) is 12.1 Å². The molecular formula is C9H4F5IN2O. The summed E-state index contributed by atoms with van der Waals surface area (Å²) in [7, 11) is 0. The summed E-state index contributed by atoms with van der Waals surface area (Å²) in [5.41, 5.74) is -1.03. The van der Waals surface area contributed by atoms with Gasteiger partial charge in [-0.25, -0.2) is 13.8 Å². The molecule has 0 saturated heterocycles. The van der Waals surface area contributed by atoms with Gasteiger partial charge in [-0.3, -0.25) is 0 Å². The van der Waals surface area contributed by atoms with E-state index in [1.807, 2.05) is 0 Å². The molecule has 3 nitrogen and oxygen atoms in total. The monoisotopic (exact) mass is 378 g/mol. The van der Waals surface area contributed by atoms with E-state index in [9.17, 15) is 22.0 Å². The second-order valence-corrected chi connectivity index (χ2v) is 4.07. The summed E-state index contributed by atoms with van der Waals surface area (Å²) in [6.07, 6.45) is -8.43. The minimum atomic E-state index is -5.00. The van der Waals surface area contributed by atoms with Gasteiger partial charge in [-0.15, -0.1) is 13.2 Å². The van der Waals surface area contributed by atoms with E-state index >= 15 is 0 Å². The summed E-state index contributed by atoms with van der Waals surface area (Å²) in [6.45, 7) is 0. The van der Waals surface area contributed by atoms with Crippen LogP contribution in [0.5, 0.6) is 5.75 Å². The van der Waals surface area contributed by atoms with Gasteiger partial charge in [0.15, 0.2) is 0 Å². The summed E-state index contributed by atoms with van der Waals surface area (Å²) in [5.74, 6) is -0.779. The molecule has 0 N–H and O–H groups in total. The average molecular weight is 378 g/mol. The molecule has 0 fully saturated rings. The molecule has 1 rings (SSSR count). The Labute approximate surface area is 112 Å². The number of pyridine rings is 1. The average Bonchev–Trinajstić information content (AvgIpc) is 2.20. The molecule has 0 aliphatic rings. The second kappa shape index (κ2) is 5.64. The maximum atomic E-state index is 12.6. The molecule has 0 amide bonds. The highest BCUT2D eigenvalue weighted by Gasteiger charge is 2.33. The van der Waals surface area contributed by atoms with Crippen LogP contribution in [-0.4, -0.2) is 11.3 Å². The van der Waals surface area contributed by atoms with Crippen molar-refractivity contribution in [1.82, 2.24) is 4.98 Å². The van der Waals surface area contributed by atoms with Gasteiger partial charge < -0.3 is 4.74 Å². The minimum absolute atomic E-state index is 0.201. The van der Waals surface area contributed by atoms with Gasteiger partial charge in [-0.1, -0.05) is 0 Å². The zero-order chi connectivity index (χ0) is 13.9. The summed E-state index contributed by atoms with van der Waals surface area (Å²) in [5, 5.41) is 8.40. The fraction of sp³-hybridized carbons (Fsp3) is 0.333. The van der Waals surface area contributed by atoms with Crippen LogP contribution in [0.4, 0.5) is 22.0 Å². The third kappa shape index (κ3) is 3.94. The Morgan fingerprint density at radius 1 is 1.44 bits per heavy atom. The molecule has 0 spiro atoms. The molecule has 9 heteroatoms. The molecule has 18 heavy (non-hydrogen) atoms. The van der Waals surface area contributed by atoms with Gasteiger partial charge in [-0.2, -0.15) is 5.26 Å². The lowest BCUT2D eigenvalue weighted by Crippen LogP contribution is -2.19. The quantitative estimate of drug-likeness (QED) is 0.597. The minimum Gasteiger partial charge on any atom is -0.405 e. The number of alkyl halides is 5. The van der Waals surface area contributed by atoms with Crippen LogP contribution in [0.15, 0.2) is 6.07 Å². The topological polar surface area (TPSA) is 45.9 Å². The highest BCUT2D eigenvalue weighted by atomic mass is 127. The van der Waals surface area contributed by atoms with E-state index in [0.29, 0.717) is 0 Å².